The minimum Gasteiger partial charge on any atom is -0.497 e. The van der Waals surface area contributed by atoms with E-state index in [1.165, 1.54) is 12.1 Å². The second-order valence-electron chi connectivity index (χ2n) is 6.31. The molecule has 0 saturated carbocycles. The van der Waals surface area contributed by atoms with E-state index in [-0.39, 0.29) is 18.1 Å². The molecule has 0 atom stereocenters. The number of aromatic nitrogens is 1. The summed E-state index contributed by atoms with van der Waals surface area (Å²) >= 11 is 0. The largest absolute Gasteiger partial charge is 0.497 e. The van der Waals surface area contributed by atoms with Gasteiger partial charge in [-0.05, 0) is 53.9 Å². The molecule has 28 heavy (non-hydrogen) atoms. The highest BCUT2D eigenvalue weighted by molar-refractivity contribution is 5.91. The van der Waals surface area contributed by atoms with Gasteiger partial charge in [0.05, 0.1) is 25.4 Å². The van der Waals surface area contributed by atoms with Crippen LogP contribution in [0.3, 0.4) is 0 Å². The maximum atomic E-state index is 12.9. The van der Waals surface area contributed by atoms with Crippen LogP contribution in [0.2, 0.25) is 0 Å². The molecule has 5 nitrogen and oxygen atoms in total. The van der Waals surface area contributed by atoms with Gasteiger partial charge in [0.2, 0.25) is 5.91 Å². The Kier molecular flexibility index (Phi) is 6.57. The number of nitrogens with zero attached hydrogens (tertiary/aromatic N) is 1. The van der Waals surface area contributed by atoms with Gasteiger partial charge in [-0.3, -0.25) is 4.79 Å². The van der Waals surface area contributed by atoms with Gasteiger partial charge in [-0.15, -0.1) is 0 Å². The van der Waals surface area contributed by atoms with Crippen molar-refractivity contribution in [3.63, 3.8) is 0 Å². The molecule has 3 aromatic rings. The first-order valence-corrected chi connectivity index (χ1v) is 8.99. The number of rotatable bonds is 8. The lowest BCUT2D eigenvalue weighted by Gasteiger charge is -2.08. The molecule has 0 saturated heterocycles. The van der Waals surface area contributed by atoms with E-state index in [2.05, 4.69) is 15.6 Å². The van der Waals surface area contributed by atoms with Gasteiger partial charge in [0, 0.05) is 6.54 Å². The summed E-state index contributed by atoms with van der Waals surface area (Å²) < 4.78 is 18.0. The van der Waals surface area contributed by atoms with E-state index >= 15 is 0 Å². The van der Waals surface area contributed by atoms with Gasteiger partial charge < -0.3 is 15.4 Å². The number of amides is 1. The summed E-state index contributed by atoms with van der Waals surface area (Å²) in [5, 5.41) is 6.05. The normalized spacial score (nSPS) is 10.4. The fourth-order valence-electron chi connectivity index (χ4n) is 2.69. The summed E-state index contributed by atoms with van der Waals surface area (Å²) in [5.74, 6) is 0.899. The van der Waals surface area contributed by atoms with Gasteiger partial charge in [-0.1, -0.05) is 24.3 Å². The zero-order valence-electron chi connectivity index (χ0n) is 15.6. The van der Waals surface area contributed by atoms with Crippen molar-refractivity contribution in [1.29, 1.82) is 0 Å². The van der Waals surface area contributed by atoms with Crippen LogP contribution in [0.15, 0.2) is 66.9 Å². The molecule has 3 rings (SSSR count). The average Bonchev–Trinajstić information content (AvgIpc) is 2.71. The van der Waals surface area contributed by atoms with Crippen LogP contribution in [0.1, 0.15) is 11.1 Å². The maximum absolute atomic E-state index is 12.9. The standard InChI is InChI=1S/C22H22FN3O2/c1-28-20-9-4-17(5-10-20)14-22(27)26-21-11-8-19(15-25-21)24-13-12-16-2-6-18(23)7-3-16/h2-11,15,24H,12-14H2,1H3,(H,25,26,27). The summed E-state index contributed by atoms with van der Waals surface area (Å²) in [6, 6.07) is 17.5. The Labute approximate surface area is 163 Å². The van der Waals surface area contributed by atoms with Gasteiger partial charge in [0.15, 0.2) is 0 Å². The Morgan fingerprint density at radius 1 is 1.00 bits per heavy atom. The Balaban J connectivity index is 1.45. The molecule has 0 radical (unpaired) electrons. The van der Waals surface area contributed by atoms with Crippen LogP contribution in [0.4, 0.5) is 15.9 Å². The Morgan fingerprint density at radius 3 is 2.36 bits per heavy atom. The van der Waals surface area contributed by atoms with Gasteiger partial charge >= 0.3 is 0 Å². The molecule has 0 bridgehead atoms. The fraction of sp³-hybridized carbons (Fsp3) is 0.182. The van der Waals surface area contributed by atoms with Crippen molar-refractivity contribution in [3.05, 3.63) is 83.8 Å². The average molecular weight is 379 g/mol. The van der Waals surface area contributed by atoms with E-state index in [1.807, 2.05) is 30.3 Å². The van der Waals surface area contributed by atoms with Crippen molar-refractivity contribution in [3.8, 4) is 5.75 Å². The number of hydrogen-bond donors (Lipinski definition) is 2. The fourth-order valence-corrected chi connectivity index (χ4v) is 2.69. The molecule has 1 aromatic heterocycles. The van der Waals surface area contributed by atoms with Crippen LogP contribution in [-0.4, -0.2) is 24.5 Å². The number of nitrogens with one attached hydrogen (secondary N) is 2. The van der Waals surface area contributed by atoms with Gasteiger partial charge in [0.1, 0.15) is 17.4 Å². The third-order valence-corrected chi connectivity index (χ3v) is 4.21. The van der Waals surface area contributed by atoms with Crippen LogP contribution in [0.25, 0.3) is 0 Å². The minimum atomic E-state index is -0.231. The van der Waals surface area contributed by atoms with Crippen molar-refractivity contribution in [2.24, 2.45) is 0 Å². The number of carbonyl (C=O) groups is 1. The Hall–Kier alpha value is -3.41. The zero-order chi connectivity index (χ0) is 19.8. The molecule has 0 aliphatic carbocycles. The smallest absolute Gasteiger partial charge is 0.229 e. The predicted molar refractivity (Wildman–Crippen MR) is 108 cm³/mol. The molecule has 0 spiro atoms. The summed E-state index contributed by atoms with van der Waals surface area (Å²) in [4.78, 5) is 16.4. The van der Waals surface area contributed by atoms with Crippen LogP contribution < -0.4 is 15.4 Å². The van der Waals surface area contributed by atoms with E-state index in [0.717, 1.165) is 29.0 Å². The Morgan fingerprint density at radius 2 is 1.71 bits per heavy atom. The number of benzene rings is 2. The third kappa shape index (κ3) is 5.81. The second-order valence-corrected chi connectivity index (χ2v) is 6.31. The highest BCUT2D eigenvalue weighted by Gasteiger charge is 2.05. The van der Waals surface area contributed by atoms with Crippen LogP contribution >= 0.6 is 0 Å². The highest BCUT2D eigenvalue weighted by atomic mass is 19.1. The summed E-state index contributed by atoms with van der Waals surface area (Å²) in [7, 11) is 1.61. The van der Waals surface area contributed by atoms with E-state index in [1.54, 1.807) is 31.5 Å². The first-order valence-electron chi connectivity index (χ1n) is 8.99. The van der Waals surface area contributed by atoms with Crippen LogP contribution in [0, 0.1) is 5.82 Å². The van der Waals surface area contributed by atoms with E-state index in [4.69, 9.17) is 4.74 Å². The number of ether oxygens (including phenoxy) is 1. The first-order chi connectivity index (χ1) is 13.6. The first kappa shape index (κ1) is 19.4. The maximum Gasteiger partial charge on any atom is 0.229 e. The molecule has 1 amide bonds. The lowest BCUT2D eigenvalue weighted by molar-refractivity contribution is -0.115. The van der Waals surface area contributed by atoms with Crippen molar-refractivity contribution in [1.82, 2.24) is 4.98 Å². The zero-order valence-corrected chi connectivity index (χ0v) is 15.6. The molecule has 0 fully saturated rings. The summed E-state index contributed by atoms with van der Waals surface area (Å²) in [6.45, 7) is 0.705. The van der Waals surface area contributed by atoms with Crippen molar-refractivity contribution in [2.75, 3.05) is 24.3 Å². The van der Waals surface area contributed by atoms with E-state index in [9.17, 15) is 9.18 Å². The predicted octanol–water partition coefficient (Wildman–Crippen LogP) is 4.07. The van der Waals surface area contributed by atoms with Gasteiger partial charge in [-0.2, -0.15) is 0 Å². The molecule has 1 heterocycles. The van der Waals surface area contributed by atoms with Crippen molar-refractivity contribution >= 4 is 17.4 Å². The molecule has 2 N–H and O–H groups in total. The van der Waals surface area contributed by atoms with Crippen LogP contribution in [-0.2, 0) is 17.6 Å². The number of hydrogen-bond acceptors (Lipinski definition) is 4. The number of anilines is 2. The monoisotopic (exact) mass is 379 g/mol. The number of carbonyl (C=O) groups excluding carboxylic acids is 1. The van der Waals surface area contributed by atoms with Crippen molar-refractivity contribution < 1.29 is 13.9 Å². The molecule has 0 aliphatic heterocycles. The van der Waals surface area contributed by atoms with E-state index in [0.29, 0.717) is 12.4 Å². The lowest BCUT2D eigenvalue weighted by Crippen LogP contribution is -2.15. The second kappa shape index (κ2) is 9.50. The minimum absolute atomic E-state index is 0.130. The molecule has 0 unspecified atom stereocenters. The highest BCUT2D eigenvalue weighted by Crippen LogP contribution is 2.13. The summed E-state index contributed by atoms with van der Waals surface area (Å²) in [6.07, 6.45) is 2.72. The number of methoxy groups -OCH3 is 1. The van der Waals surface area contributed by atoms with Gasteiger partial charge in [-0.25, -0.2) is 9.37 Å². The van der Waals surface area contributed by atoms with E-state index < -0.39 is 0 Å². The molecule has 2 aromatic carbocycles. The molecule has 0 aliphatic rings. The third-order valence-electron chi connectivity index (χ3n) is 4.21. The molecule has 6 heteroatoms. The van der Waals surface area contributed by atoms with Crippen LogP contribution in [0.5, 0.6) is 5.75 Å². The molecular formula is C22H22FN3O2. The topological polar surface area (TPSA) is 63.2 Å². The van der Waals surface area contributed by atoms with Crippen molar-refractivity contribution in [2.45, 2.75) is 12.8 Å². The summed E-state index contributed by atoms with van der Waals surface area (Å²) in [5.41, 5.74) is 2.82. The number of halogens is 1. The molecule has 144 valence electrons. The lowest BCUT2D eigenvalue weighted by atomic mass is 10.1. The SMILES string of the molecule is COc1ccc(CC(=O)Nc2ccc(NCCc3ccc(F)cc3)cn2)cc1. The number of pyridine rings is 1. The Bertz CT molecular complexity index is 895. The van der Waals surface area contributed by atoms with Gasteiger partial charge in [0.25, 0.3) is 0 Å². The molecular weight excluding hydrogens is 357 g/mol. The quantitative estimate of drug-likeness (QED) is 0.619.